The van der Waals surface area contributed by atoms with E-state index in [1.807, 2.05) is 47.4 Å². The number of nitrogens with zero attached hydrogens (tertiary/aromatic N) is 3. The summed E-state index contributed by atoms with van der Waals surface area (Å²) in [5, 5.41) is 4.24. The molecule has 5 nitrogen and oxygen atoms in total. The Labute approximate surface area is 146 Å². The summed E-state index contributed by atoms with van der Waals surface area (Å²) in [6.45, 7) is 1.65. The number of ether oxygens (including phenoxy) is 1. The van der Waals surface area contributed by atoms with Crippen molar-refractivity contribution in [3.63, 3.8) is 0 Å². The first-order valence-electron chi connectivity index (χ1n) is 8.38. The SMILES string of the molecule is O=C(Cn1cc(Oc2ccccc2)cn1)N1CCc2ccccc2C1. The average molecular weight is 333 g/mol. The molecule has 0 spiro atoms. The Bertz CT molecular complexity index is 873. The standard InChI is InChI=1S/C20H19N3O2/c24-20(22-11-10-16-6-4-5-7-17(16)13-22)15-23-14-19(12-21-23)25-18-8-2-1-3-9-18/h1-9,12,14H,10-11,13,15H2. The minimum absolute atomic E-state index is 0.0730. The van der Waals surface area contributed by atoms with Gasteiger partial charge >= 0.3 is 0 Å². The van der Waals surface area contributed by atoms with E-state index in [1.165, 1.54) is 11.1 Å². The smallest absolute Gasteiger partial charge is 0.244 e. The van der Waals surface area contributed by atoms with Crippen LogP contribution in [-0.4, -0.2) is 27.1 Å². The molecule has 1 aliphatic rings. The first-order valence-corrected chi connectivity index (χ1v) is 8.38. The fraction of sp³-hybridized carbons (Fsp3) is 0.200. The van der Waals surface area contributed by atoms with Crippen LogP contribution in [0.1, 0.15) is 11.1 Å². The van der Waals surface area contributed by atoms with Crippen molar-refractivity contribution >= 4 is 5.91 Å². The summed E-state index contributed by atoms with van der Waals surface area (Å²) in [7, 11) is 0. The molecule has 2 heterocycles. The zero-order valence-electron chi connectivity index (χ0n) is 13.8. The second-order valence-corrected chi connectivity index (χ2v) is 6.12. The van der Waals surface area contributed by atoms with Crippen molar-refractivity contribution in [2.24, 2.45) is 0 Å². The number of hydrogen-bond acceptors (Lipinski definition) is 3. The van der Waals surface area contributed by atoms with Crippen LogP contribution < -0.4 is 4.74 Å². The summed E-state index contributed by atoms with van der Waals surface area (Å²) in [6, 6.07) is 17.8. The molecule has 126 valence electrons. The van der Waals surface area contributed by atoms with Gasteiger partial charge < -0.3 is 9.64 Å². The van der Waals surface area contributed by atoms with Gasteiger partial charge in [0.05, 0.1) is 12.4 Å². The van der Waals surface area contributed by atoms with Gasteiger partial charge in [-0.3, -0.25) is 9.48 Å². The molecule has 2 aromatic carbocycles. The van der Waals surface area contributed by atoms with E-state index in [0.717, 1.165) is 18.7 Å². The Balaban J connectivity index is 1.39. The largest absolute Gasteiger partial charge is 0.454 e. The van der Waals surface area contributed by atoms with Gasteiger partial charge in [0, 0.05) is 13.1 Å². The molecule has 0 bridgehead atoms. The van der Waals surface area contributed by atoms with E-state index in [9.17, 15) is 4.79 Å². The van der Waals surface area contributed by atoms with Crippen molar-refractivity contribution in [3.05, 3.63) is 78.1 Å². The van der Waals surface area contributed by atoms with Crippen LogP contribution in [0.2, 0.25) is 0 Å². The highest BCUT2D eigenvalue weighted by atomic mass is 16.5. The first-order chi connectivity index (χ1) is 12.3. The number of amides is 1. The van der Waals surface area contributed by atoms with E-state index in [-0.39, 0.29) is 12.5 Å². The predicted molar refractivity (Wildman–Crippen MR) is 94.3 cm³/mol. The lowest BCUT2D eigenvalue weighted by molar-refractivity contribution is -0.132. The zero-order valence-corrected chi connectivity index (χ0v) is 13.8. The number of fused-ring (bicyclic) bond motifs is 1. The highest BCUT2D eigenvalue weighted by Gasteiger charge is 2.20. The molecule has 0 atom stereocenters. The van der Waals surface area contributed by atoms with Crippen LogP contribution in [-0.2, 0) is 24.3 Å². The monoisotopic (exact) mass is 333 g/mol. The van der Waals surface area contributed by atoms with Crippen molar-refractivity contribution < 1.29 is 9.53 Å². The zero-order chi connectivity index (χ0) is 17.1. The van der Waals surface area contributed by atoms with Crippen LogP contribution in [0.3, 0.4) is 0 Å². The highest BCUT2D eigenvalue weighted by Crippen LogP contribution is 2.21. The van der Waals surface area contributed by atoms with Gasteiger partial charge in [0.15, 0.2) is 5.75 Å². The number of rotatable bonds is 4. The van der Waals surface area contributed by atoms with Gasteiger partial charge in [0.1, 0.15) is 12.3 Å². The molecular formula is C20H19N3O2. The quantitative estimate of drug-likeness (QED) is 0.736. The van der Waals surface area contributed by atoms with E-state index in [1.54, 1.807) is 17.1 Å². The van der Waals surface area contributed by atoms with E-state index >= 15 is 0 Å². The Morgan fingerprint density at radius 1 is 1.00 bits per heavy atom. The van der Waals surface area contributed by atoms with Crippen LogP contribution in [0.4, 0.5) is 0 Å². The summed E-state index contributed by atoms with van der Waals surface area (Å²) < 4.78 is 7.35. The van der Waals surface area contributed by atoms with Gasteiger partial charge in [0.25, 0.3) is 0 Å². The van der Waals surface area contributed by atoms with Gasteiger partial charge in [-0.15, -0.1) is 0 Å². The van der Waals surface area contributed by atoms with E-state index in [2.05, 4.69) is 17.2 Å². The van der Waals surface area contributed by atoms with Crippen molar-refractivity contribution in [1.29, 1.82) is 0 Å². The van der Waals surface area contributed by atoms with Crippen LogP contribution in [0, 0.1) is 0 Å². The normalized spacial score (nSPS) is 13.4. The minimum Gasteiger partial charge on any atom is -0.454 e. The van der Waals surface area contributed by atoms with E-state index < -0.39 is 0 Å². The molecule has 0 aliphatic carbocycles. The van der Waals surface area contributed by atoms with Crippen molar-refractivity contribution in [2.75, 3.05) is 6.54 Å². The molecule has 1 aliphatic heterocycles. The van der Waals surface area contributed by atoms with Gasteiger partial charge in [-0.25, -0.2) is 0 Å². The molecule has 0 N–H and O–H groups in total. The lowest BCUT2D eigenvalue weighted by Gasteiger charge is -2.28. The molecule has 1 aromatic heterocycles. The molecule has 5 heteroatoms. The van der Waals surface area contributed by atoms with Crippen molar-refractivity contribution in [1.82, 2.24) is 14.7 Å². The third-order valence-corrected chi connectivity index (χ3v) is 4.37. The molecule has 0 saturated carbocycles. The minimum atomic E-state index is 0.0730. The maximum absolute atomic E-state index is 12.6. The Hall–Kier alpha value is -3.08. The second kappa shape index (κ2) is 6.81. The third-order valence-electron chi connectivity index (χ3n) is 4.37. The third kappa shape index (κ3) is 3.55. The van der Waals surface area contributed by atoms with Gasteiger partial charge in [-0.05, 0) is 29.7 Å². The molecule has 0 radical (unpaired) electrons. The molecule has 0 saturated heterocycles. The van der Waals surface area contributed by atoms with Crippen molar-refractivity contribution in [2.45, 2.75) is 19.5 Å². The van der Waals surface area contributed by atoms with E-state index in [0.29, 0.717) is 12.3 Å². The molecular weight excluding hydrogens is 314 g/mol. The van der Waals surface area contributed by atoms with Crippen LogP contribution >= 0.6 is 0 Å². The topological polar surface area (TPSA) is 47.4 Å². The lowest BCUT2D eigenvalue weighted by Crippen LogP contribution is -2.38. The number of hydrogen-bond donors (Lipinski definition) is 0. The lowest BCUT2D eigenvalue weighted by atomic mass is 10.00. The summed E-state index contributed by atoms with van der Waals surface area (Å²) >= 11 is 0. The van der Waals surface area contributed by atoms with Crippen molar-refractivity contribution in [3.8, 4) is 11.5 Å². The second-order valence-electron chi connectivity index (χ2n) is 6.12. The average Bonchev–Trinajstić information content (AvgIpc) is 3.09. The number of para-hydroxylation sites is 1. The number of carbonyl (C=O) groups excluding carboxylic acids is 1. The Morgan fingerprint density at radius 3 is 2.60 bits per heavy atom. The molecule has 0 fully saturated rings. The fourth-order valence-electron chi connectivity index (χ4n) is 3.06. The number of carbonyl (C=O) groups is 1. The molecule has 3 aromatic rings. The summed E-state index contributed by atoms with van der Waals surface area (Å²) in [5.74, 6) is 1.45. The van der Waals surface area contributed by atoms with Gasteiger partial charge in [-0.1, -0.05) is 42.5 Å². The van der Waals surface area contributed by atoms with Gasteiger partial charge in [-0.2, -0.15) is 5.10 Å². The van der Waals surface area contributed by atoms with Crippen LogP contribution in [0.15, 0.2) is 67.0 Å². The Morgan fingerprint density at radius 2 is 1.76 bits per heavy atom. The van der Waals surface area contributed by atoms with Gasteiger partial charge in [0.2, 0.25) is 5.91 Å². The summed E-state index contributed by atoms with van der Waals surface area (Å²) in [6.07, 6.45) is 4.29. The summed E-state index contributed by atoms with van der Waals surface area (Å²) in [5.41, 5.74) is 2.57. The van der Waals surface area contributed by atoms with Crippen LogP contribution in [0.5, 0.6) is 11.5 Å². The molecule has 1 amide bonds. The number of benzene rings is 2. The maximum atomic E-state index is 12.6. The summed E-state index contributed by atoms with van der Waals surface area (Å²) in [4.78, 5) is 14.5. The first kappa shape index (κ1) is 15.4. The molecule has 25 heavy (non-hydrogen) atoms. The maximum Gasteiger partial charge on any atom is 0.244 e. The predicted octanol–water partition coefficient (Wildman–Crippen LogP) is 3.26. The van der Waals surface area contributed by atoms with Crippen LogP contribution in [0.25, 0.3) is 0 Å². The Kier molecular flexibility index (Phi) is 4.21. The number of aromatic nitrogens is 2. The highest BCUT2D eigenvalue weighted by molar-refractivity contribution is 5.76. The molecule has 0 unspecified atom stereocenters. The van der Waals surface area contributed by atoms with E-state index in [4.69, 9.17) is 4.74 Å². The fourth-order valence-corrected chi connectivity index (χ4v) is 3.06. The molecule has 4 rings (SSSR count).